The summed E-state index contributed by atoms with van der Waals surface area (Å²) < 4.78 is 0. The highest BCUT2D eigenvalue weighted by molar-refractivity contribution is 6.00. The molecule has 19 heavy (non-hydrogen) atoms. The van der Waals surface area contributed by atoms with E-state index in [-0.39, 0.29) is 19.0 Å². The molecule has 2 amide bonds. The molecular formula is C13H14N2O4. The molecule has 1 aromatic carbocycles. The molecule has 1 aliphatic heterocycles. The van der Waals surface area contributed by atoms with Gasteiger partial charge in [-0.15, -0.1) is 0 Å². The number of carboxylic acid groups (broad SMARTS) is 1. The maximum atomic E-state index is 12.4. The number of carbonyl (C=O) groups excluding carboxylic acids is 2. The van der Waals surface area contributed by atoms with Crippen molar-refractivity contribution in [2.45, 2.75) is 13.0 Å². The summed E-state index contributed by atoms with van der Waals surface area (Å²) in [4.78, 5) is 36.0. The van der Waals surface area contributed by atoms with Crippen molar-refractivity contribution in [3.8, 4) is 0 Å². The van der Waals surface area contributed by atoms with E-state index in [1.165, 1.54) is 0 Å². The molecular weight excluding hydrogens is 248 g/mol. The first-order valence-corrected chi connectivity index (χ1v) is 5.87. The Labute approximate surface area is 110 Å². The number of nitrogens with one attached hydrogen (secondary N) is 1. The molecule has 2 rings (SSSR count). The van der Waals surface area contributed by atoms with Crippen molar-refractivity contribution >= 4 is 17.8 Å². The van der Waals surface area contributed by atoms with E-state index in [4.69, 9.17) is 5.11 Å². The number of hydrogen-bond donors (Lipinski definition) is 2. The van der Waals surface area contributed by atoms with E-state index in [1.807, 2.05) is 0 Å². The predicted molar refractivity (Wildman–Crippen MR) is 66.6 cm³/mol. The number of nitrogens with zero attached hydrogens (tertiary/aromatic N) is 1. The van der Waals surface area contributed by atoms with E-state index in [0.29, 0.717) is 5.56 Å². The maximum Gasteiger partial charge on any atom is 0.328 e. The van der Waals surface area contributed by atoms with Crippen LogP contribution in [0.4, 0.5) is 0 Å². The Balaban J connectivity index is 2.32. The smallest absolute Gasteiger partial charge is 0.328 e. The van der Waals surface area contributed by atoms with E-state index < -0.39 is 17.9 Å². The van der Waals surface area contributed by atoms with Crippen LogP contribution in [0.1, 0.15) is 15.9 Å². The third-order valence-electron chi connectivity index (χ3n) is 3.10. The first-order chi connectivity index (χ1) is 9.00. The third-order valence-corrected chi connectivity index (χ3v) is 3.10. The van der Waals surface area contributed by atoms with Crippen LogP contribution in [0.3, 0.4) is 0 Å². The summed E-state index contributed by atoms with van der Waals surface area (Å²) in [5, 5.41) is 11.6. The molecule has 0 radical (unpaired) electrons. The number of carbonyl (C=O) groups is 3. The Morgan fingerprint density at radius 2 is 2.05 bits per heavy atom. The van der Waals surface area contributed by atoms with Gasteiger partial charge in [0.1, 0.15) is 12.6 Å². The largest absolute Gasteiger partial charge is 0.480 e. The zero-order chi connectivity index (χ0) is 14.0. The van der Waals surface area contributed by atoms with Crippen LogP contribution in [0.5, 0.6) is 0 Å². The highest BCUT2D eigenvalue weighted by Gasteiger charge is 2.35. The fraction of sp³-hybridized carbons (Fsp3) is 0.308. The predicted octanol–water partition coefficient (Wildman–Crippen LogP) is 0.0202. The van der Waals surface area contributed by atoms with Gasteiger partial charge in [0.2, 0.25) is 5.91 Å². The van der Waals surface area contributed by atoms with Gasteiger partial charge in [0.15, 0.2) is 0 Å². The van der Waals surface area contributed by atoms with E-state index in [9.17, 15) is 14.4 Å². The number of hydrogen-bond acceptors (Lipinski definition) is 3. The summed E-state index contributed by atoms with van der Waals surface area (Å²) in [6, 6.07) is 5.88. The lowest BCUT2D eigenvalue weighted by atomic mass is 10.1. The quantitative estimate of drug-likeness (QED) is 0.786. The van der Waals surface area contributed by atoms with Crippen LogP contribution >= 0.6 is 0 Å². The summed E-state index contributed by atoms with van der Waals surface area (Å²) in [6.45, 7) is 1.48. The van der Waals surface area contributed by atoms with E-state index in [1.54, 1.807) is 31.2 Å². The summed E-state index contributed by atoms with van der Waals surface area (Å²) in [6.07, 6.45) is 0. The molecule has 1 saturated heterocycles. The molecule has 0 spiro atoms. The Kier molecular flexibility index (Phi) is 3.50. The minimum Gasteiger partial charge on any atom is -0.480 e. The van der Waals surface area contributed by atoms with Gasteiger partial charge in [-0.05, 0) is 18.6 Å². The Morgan fingerprint density at radius 1 is 1.37 bits per heavy atom. The monoisotopic (exact) mass is 262 g/mol. The number of aryl methyl sites for hydroxylation is 1. The van der Waals surface area contributed by atoms with Crippen molar-refractivity contribution in [2.24, 2.45) is 0 Å². The summed E-state index contributed by atoms with van der Waals surface area (Å²) in [5.74, 6) is -1.90. The SMILES string of the molecule is Cc1ccccc1C(=O)N1CC(=O)NCC1C(=O)O. The third kappa shape index (κ3) is 2.57. The van der Waals surface area contributed by atoms with Crippen molar-refractivity contribution in [3.63, 3.8) is 0 Å². The van der Waals surface area contributed by atoms with Crippen molar-refractivity contribution in [1.29, 1.82) is 0 Å². The van der Waals surface area contributed by atoms with Crippen molar-refractivity contribution in [2.75, 3.05) is 13.1 Å². The van der Waals surface area contributed by atoms with Gasteiger partial charge in [0, 0.05) is 12.1 Å². The minimum atomic E-state index is -1.12. The fourth-order valence-electron chi connectivity index (χ4n) is 2.04. The van der Waals surface area contributed by atoms with Gasteiger partial charge in [-0.25, -0.2) is 4.79 Å². The zero-order valence-electron chi connectivity index (χ0n) is 10.4. The van der Waals surface area contributed by atoms with E-state index >= 15 is 0 Å². The first kappa shape index (κ1) is 13.1. The maximum absolute atomic E-state index is 12.4. The van der Waals surface area contributed by atoms with Crippen LogP contribution in [0.25, 0.3) is 0 Å². The molecule has 1 aromatic rings. The average Bonchev–Trinajstić information content (AvgIpc) is 2.38. The Hall–Kier alpha value is -2.37. The second-order valence-corrected chi connectivity index (χ2v) is 4.41. The molecule has 1 aliphatic rings. The highest BCUT2D eigenvalue weighted by atomic mass is 16.4. The Morgan fingerprint density at radius 3 is 2.68 bits per heavy atom. The molecule has 0 aliphatic carbocycles. The van der Waals surface area contributed by atoms with Crippen molar-refractivity contribution in [3.05, 3.63) is 35.4 Å². The van der Waals surface area contributed by atoms with Gasteiger partial charge < -0.3 is 15.3 Å². The number of carboxylic acids is 1. The molecule has 0 saturated carbocycles. The second-order valence-electron chi connectivity index (χ2n) is 4.41. The molecule has 1 heterocycles. The van der Waals surface area contributed by atoms with Gasteiger partial charge in [-0.2, -0.15) is 0 Å². The lowest BCUT2D eigenvalue weighted by Gasteiger charge is -2.33. The first-order valence-electron chi connectivity index (χ1n) is 5.87. The zero-order valence-corrected chi connectivity index (χ0v) is 10.4. The van der Waals surface area contributed by atoms with Gasteiger partial charge >= 0.3 is 5.97 Å². The Bertz CT molecular complexity index is 541. The van der Waals surface area contributed by atoms with Gasteiger partial charge in [-0.1, -0.05) is 18.2 Å². The number of piperazine rings is 1. The fourth-order valence-corrected chi connectivity index (χ4v) is 2.04. The minimum absolute atomic E-state index is 0.0637. The number of aliphatic carboxylic acids is 1. The number of rotatable bonds is 2. The van der Waals surface area contributed by atoms with E-state index in [0.717, 1.165) is 10.5 Å². The van der Waals surface area contributed by atoms with Crippen LogP contribution in [0.2, 0.25) is 0 Å². The molecule has 6 nitrogen and oxygen atoms in total. The van der Waals surface area contributed by atoms with Crippen LogP contribution in [0, 0.1) is 6.92 Å². The van der Waals surface area contributed by atoms with Gasteiger partial charge in [-0.3, -0.25) is 9.59 Å². The van der Waals surface area contributed by atoms with Gasteiger partial charge in [0.25, 0.3) is 5.91 Å². The van der Waals surface area contributed by atoms with Crippen LogP contribution in [-0.2, 0) is 9.59 Å². The molecule has 6 heteroatoms. The van der Waals surface area contributed by atoms with Crippen molar-refractivity contribution < 1.29 is 19.5 Å². The average molecular weight is 262 g/mol. The standard InChI is InChI=1S/C13H14N2O4/c1-8-4-2-3-5-9(8)12(17)15-7-11(16)14-6-10(15)13(18)19/h2-5,10H,6-7H2,1H3,(H,14,16)(H,18,19). The summed E-state index contributed by atoms with van der Waals surface area (Å²) in [5.41, 5.74) is 1.17. The molecule has 1 atom stereocenters. The molecule has 100 valence electrons. The van der Waals surface area contributed by atoms with Crippen LogP contribution < -0.4 is 5.32 Å². The van der Waals surface area contributed by atoms with E-state index in [2.05, 4.69) is 5.32 Å². The number of benzene rings is 1. The molecule has 0 aromatic heterocycles. The van der Waals surface area contributed by atoms with Gasteiger partial charge in [0.05, 0.1) is 0 Å². The topological polar surface area (TPSA) is 86.7 Å². The molecule has 1 unspecified atom stereocenters. The van der Waals surface area contributed by atoms with Crippen LogP contribution in [-0.4, -0.2) is 46.9 Å². The summed E-state index contributed by atoms with van der Waals surface area (Å²) in [7, 11) is 0. The normalized spacial score (nSPS) is 18.9. The molecule has 0 bridgehead atoms. The van der Waals surface area contributed by atoms with Crippen LogP contribution in [0.15, 0.2) is 24.3 Å². The highest BCUT2D eigenvalue weighted by Crippen LogP contribution is 2.14. The lowest BCUT2D eigenvalue weighted by molar-refractivity contribution is -0.144. The summed E-state index contributed by atoms with van der Waals surface area (Å²) >= 11 is 0. The number of amides is 2. The second kappa shape index (κ2) is 5.09. The van der Waals surface area contributed by atoms with Crippen molar-refractivity contribution in [1.82, 2.24) is 10.2 Å². The molecule has 1 fully saturated rings. The molecule has 2 N–H and O–H groups in total. The lowest BCUT2D eigenvalue weighted by Crippen LogP contribution is -2.59.